The molecule has 0 fully saturated rings. The number of benzene rings is 1. The molecule has 0 aliphatic heterocycles. The summed E-state index contributed by atoms with van der Waals surface area (Å²) in [6.45, 7) is -4.67. The quantitative estimate of drug-likeness (QED) is 0.560. The van der Waals surface area contributed by atoms with E-state index in [0.29, 0.717) is 4.90 Å². The third-order valence-corrected chi connectivity index (χ3v) is 2.67. The van der Waals surface area contributed by atoms with Gasteiger partial charge in [-0.15, -0.1) is 0 Å². The fourth-order valence-corrected chi connectivity index (χ4v) is 1.99. The van der Waals surface area contributed by atoms with Gasteiger partial charge in [0, 0.05) is 17.4 Å². The van der Waals surface area contributed by atoms with Crippen molar-refractivity contribution in [3.63, 3.8) is 0 Å². The van der Waals surface area contributed by atoms with Crippen molar-refractivity contribution >= 4 is 21.8 Å². The van der Waals surface area contributed by atoms with Crippen LogP contribution >= 0.6 is 15.9 Å². The number of alkyl halides is 6. The van der Waals surface area contributed by atoms with Crippen LogP contribution in [0.15, 0.2) is 24.3 Å². The Bertz CT molecular complexity index is 481. The molecule has 1 aromatic rings. The first kappa shape index (κ1) is 17.7. The lowest BCUT2D eigenvalue weighted by Gasteiger charge is -2.23. The smallest absolute Gasteiger partial charge is 0.406 e. The van der Waals surface area contributed by atoms with Gasteiger partial charge >= 0.3 is 12.8 Å². The average Bonchev–Trinajstić information content (AvgIpc) is 2.35. The zero-order valence-corrected chi connectivity index (χ0v) is 12.1. The van der Waals surface area contributed by atoms with Crippen LogP contribution in [0.25, 0.3) is 0 Å². The van der Waals surface area contributed by atoms with Gasteiger partial charge in [-0.1, -0.05) is 22.0 Å². The molecule has 0 aliphatic carbocycles. The first-order chi connectivity index (χ1) is 9.73. The van der Waals surface area contributed by atoms with Crippen molar-refractivity contribution in [1.82, 2.24) is 4.90 Å². The Morgan fingerprint density at radius 3 is 2.52 bits per heavy atom. The lowest BCUT2D eigenvalue weighted by Crippen LogP contribution is -2.40. The van der Waals surface area contributed by atoms with E-state index in [2.05, 4.69) is 20.7 Å². The zero-order valence-electron chi connectivity index (χ0n) is 10.5. The molecule has 9 heteroatoms. The molecule has 1 rings (SSSR count). The van der Waals surface area contributed by atoms with Crippen molar-refractivity contribution in [2.45, 2.75) is 12.8 Å². The molecule has 0 aliphatic rings. The fraction of sp³-hybridized carbons (Fsp3) is 0.417. The van der Waals surface area contributed by atoms with Gasteiger partial charge in [-0.2, -0.15) is 22.0 Å². The van der Waals surface area contributed by atoms with Gasteiger partial charge in [0.05, 0.1) is 0 Å². The third-order valence-electron chi connectivity index (χ3n) is 2.32. The SMILES string of the molecule is O=C(c1cccc(OC(F)F)c1)N(CCBr)CC(F)(F)F. The first-order valence-corrected chi connectivity index (χ1v) is 6.82. The summed E-state index contributed by atoms with van der Waals surface area (Å²) in [5.41, 5.74) is -0.154. The van der Waals surface area contributed by atoms with Crippen LogP contribution in [-0.2, 0) is 0 Å². The molecule has 21 heavy (non-hydrogen) atoms. The minimum Gasteiger partial charge on any atom is -0.435 e. The second kappa shape index (κ2) is 7.58. The molecular weight excluding hydrogens is 365 g/mol. The molecule has 0 unspecified atom stereocenters. The van der Waals surface area contributed by atoms with Gasteiger partial charge in [0.25, 0.3) is 5.91 Å². The van der Waals surface area contributed by atoms with Crippen LogP contribution in [0.3, 0.4) is 0 Å². The number of nitrogens with zero attached hydrogens (tertiary/aromatic N) is 1. The van der Waals surface area contributed by atoms with Crippen LogP contribution < -0.4 is 4.74 Å². The highest BCUT2D eigenvalue weighted by atomic mass is 79.9. The van der Waals surface area contributed by atoms with Crippen LogP contribution in [0, 0.1) is 0 Å². The molecule has 0 radical (unpaired) electrons. The van der Waals surface area contributed by atoms with Crippen molar-refractivity contribution in [3.8, 4) is 5.75 Å². The molecule has 1 aromatic carbocycles. The summed E-state index contributed by atoms with van der Waals surface area (Å²) in [7, 11) is 0. The Kier molecular flexibility index (Phi) is 6.38. The number of carbonyl (C=O) groups is 1. The average molecular weight is 376 g/mol. The molecule has 0 bridgehead atoms. The van der Waals surface area contributed by atoms with E-state index in [-0.39, 0.29) is 23.2 Å². The topological polar surface area (TPSA) is 29.5 Å². The summed E-state index contributed by atoms with van der Waals surface area (Å²) < 4.78 is 65.5. The van der Waals surface area contributed by atoms with Crippen LogP contribution in [-0.4, -0.2) is 42.0 Å². The van der Waals surface area contributed by atoms with Gasteiger partial charge in [0.15, 0.2) is 0 Å². The Labute approximate surface area is 125 Å². The van der Waals surface area contributed by atoms with E-state index >= 15 is 0 Å². The summed E-state index contributed by atoms with van der Waals surface area (Å²) in [5, 5.41) is 0.155. The highest BCUT2D eigenvalue weighted by Gasteiger charge is 2.33. The minimum atomic E-state index is -4.55. The van der Waals surface area contributed by atoms with E-state index < -0.39 is 25.2 Å². The molecule has 3 nitrogen and oxygen atoms in total. The Morgan fingerprint density at radius 1 is 1.33 bits per heavy atom. The van der Waals surface area contributed by atoms with Gasteiger partial charge in [-0.25, -0.2) is 0 Å². The Hall–Kier alpha value is -1.38. The molecule has 0 saturated heterocycles. The molecule has 0 saturated carbocycles. The largest absolute Gasteiger partial charge is 0.435 e. The summed E-state index contributed by atoms with van der Waals surface area (Å²) in [4.78, 5) is 12.6. The molecule has 0 heterocycles. The van der Waals surface area contributed by atoms with Crippen molar-refractivity contribution in [3.05, 3.63) is 29.8 Å². The highest BCUT2D eigenvalue weighted by molar-refractivity contribution is 9.09. The monoisotopic (exact) mass is 375 g/mol. The maximum Gasteiger partial charge on any atom is 0.406 e. The fourth-order valence-electron chi connectivity index (χ4n) is 1.56. The van der Waals surface area contributed by atoms with Crippen molar-refractivity contribution in [1.29, 1.82) is 0 Å². The Balaban J connectivity index is 2.92. The summed E-state index contributed by atoms with van der Waals surface area (Å²) in [5.74, 6) is -1.20. The van der Waals surface area contributed by atoms with E-state index in [4.69, 9.17) is 0 Å². The molecular formula is C12H11BrF5NO2. The van der Waals surface area contributed by atoms with Crippen LogP contribution in [0.5, 0.6) is 5.75 Å². The molecule has 0 atom stereocenters. The number of rotatable bonds is 6. The van der Waals surface area contributed by atoms with E-state index in [1.54, 1.807) is 0 Å². The second-order valence-corrected chi connectivity index (χ2v) is 4.73. The van der Waals surface area contributed by atoms with Gasteiger partial charge in [0.1, 0.15) is 12.3 Å². The molecule has 0 N–H and O–H groups in total. The normalized spacial score (nSPS) is 11.6. The van der Waals surface area contributed by atoms with Gasteiger partial charge in [-0.3, -0.25) is 4.79 Å². The van der Waals surface area contributed by atoms with Gasteiger partial charge in [0.2, 0.25) is 0 Å². The molecule has 1 amide bonds. The molecule has 118 valence electrons. The van der Waals surface area contributed by atoms with Crippen LogP contribution in [0.2, 0.25) is 0 Å². The third kappa shape index (κ3) is 6.28. The van der Waals surface area contributed by atoms with Crippen molar-refractivity contribution in [2.75, 3.05) is 18.4 Å². The maximum atomic E-state index is 12.4. The lowest BCUT2D eigenvalue weighted by molar-refractivity contribution is -0.140. The predicted molar refractivity (Wildman–Crippen MR) is 68.8 cm³/mol. The Morgan fingerprint density at radius 2 is 2.00 bits per heavy atom. The van der Waals surface area contributed by atoms with Crippen LogP contribution in [0.4, 0.5) is 22.0 Å². The summed E-state index contributed by atoms with van der Waals surface area (Å²) in [6, 6.07) is 4.65. The molecule has 0 aromatic heterocycles. The molecule has 0 spiro atoms. The van der Waals surface area contributed by atoms with Crippen molar-refractivity contribution < 1.29 is 31.5 Å². The standard InChI is InChI=1S/C12H11BrF5NO2/c13-4-5-19(7-12(16,17)18)10(20)8-2-1-3-9(6-8)21-11(14)15/h1-3,6,11H,4-5,7H2. The van der Waals surface area contributed by atoms with E-state index in [9.17, 15) is 26.7 Å². The summed E-state index contributed by atoms with van der Waals surface area (Å²) >= 11 is 2.96. The van der Waals surface area contributed by atoms with Gasteiger partial charge < -0.3 is 9.64 Å². The van der Waals surface area contributed by atoms with E-state index in [1.807, 2.05) is 0 Å². The van der Waals surface area contributed by atoms with E-state index in [0.717, 1.165) is 6.07 Å². The number of amides is 1. The predicted octanol–water partition coefficient (Wildman–Crippen LogP) is 3.69. The number of halogens is 6. The number of hydrogen-bond donors (Lipinski definition) is 0. The number of ether oxygens (including phenoxy) is 1. The lowest BCUT2D eigenvalue weighted by atomic mass is 10.2. The highest BCUT2D eigenvalue weighted by Crippen LogP contribution is 2.21. The van der Waals surface area contributed by atoms with Crippen molar-refractivity contribution in [2.24, 2.45) is 0 Å². The number of hydrogen-bond acceptors (Lipinski definition) is 2. The maximum absolute atomic E-state index is 12.4. The first-order valence-electron chi connectivity index (χ1n) is 5.70. The minimum absolute atomic E-state index is 0.154. The summed E-state index contributed by atoms with van der Waals surface area (Å²) in [6.07, 6.45) is -4.55. The van der Waals surface area contributed by atoms with Gasteiger partial charge in [-0.05, 0) is 18.2 Å². The second-order valence-electron chi connectivity index (χ2n) is 3.94. The van der Waals surface area contributed by atoms with E-state index in [1.165, 1.54) is 18.2 Å². The van der Waals surface area contributed by atoms with Crippen LogP contribution in [0.1, 0.15) is 10.4 Å². The number of carbonyl (C=O) groups excluding carboxylic acids is 1. The zero-order chi connectivity index (χ0) is 16.0.